The van der Waals surface area contributed by atoms with E-state index in [1.54, 1.807) is 75.5 Å². The zero-order valence-corrected chi connectivity index (χ0v) is 76.3. The average molecular weight is 1900 g/mol. The number of nitro benzene ring substituents is 4. The van der Waals surface area contributed by atoms with Crippen molar-refractivity contribution in [2.45, 2.75) is 104 Å². The Kier molecular flexibility index (Phi) is 39.6. The van der Waals surface area contributed by atoms with Crippen LogP contribution in [0.15, 0.2) is 152 Å². The number of hydrogen-bond acceptors (Lipinski definition) is 23. The highest BCUT2D eigenvalue weighted by molar-refractivity contribution is 7.89. The number of carbonyl (C=O) groups excluding carboxylic acids is 10. The quantitative estimate of drug-likeness (QED) is 0.00853. The topological polar surface area (TPSA) is 601 Å². The number of fused-ring (bicyclic) bond motifs is 1. The number of non-ortho nitro benzene ring substituents is 4. The predicted octanol–water partition coefficient (Wildman–Crippen LogP) is 6.68. The Labute approximate surface area is 759 Å². The number of rotatable bonds is 53. The molecule has 10 amide bonds. The maximum absolute atomic E-state index is 15.9. The lowest BCUT2D eigenvalue weighted by Gasteiger charge is -2.35. The second-order valence-corrected chi connectivity index (χ2v) is 37.5. The molecule has 0 saturated carbocycles. The number of hydrogen-bond donors (Lipinski definition) is 8. The number of carbonyl (C=O) groups is 10. The standard InChI is InChI=1S/C84H108ClN17O26P2S/c1-57(2)33-38-93(51-79(107)95(41-44-131(87,127)128)54-82(110)96(48-75(86)103)59(4)64-17-26-70(27-18-64)100(115)116)77(105)50-91(37-12-43-130(124,125)126)81(109)56-98(61(6)66-21-30-72(31-22-66)102(119)120)84(112)53-94(40-35-67-46-89-74-45-68(85)23-32-73(67)74)78(106)49-90(36-10-11-42-129(121,122)123)80(108)55-97(60(5)65-19-28-71(29-20-65)101(117)118)83(111)52-92(39-34-62-13-8-7-9-14-62)76(104)47-88-58(3)63-15-24-69(25-16-63)99(113)114/h7-9,13-32,45-46,57-61,88-89H,10-12,33-44,47-56H2,1-6H3,(H2,86,103)(H2,87,127,128)(H2,121,122,123)(H2,124,125,126)/t58-,59-,60-,61-/m0/s1. The van der Waals surface area contributed by atoms with Crippen molar-refractivity contribution in [2.75, 3.05) is 123 Å². The summed E-state index contributed by atoms with van der Waals surface area (Å²) in [7, 11) is -14.1. The van der Waals surface area contributed by atoms with Gasteiger partial charge in [0.1, 0.15) is 13.1 Å². The molecule has 0 bridgehead atoms. The van der Waals surface area contributed by atoms with E-state index in [0.717, 1.165) is 81.2 Å². The molecule has 0 aliphatic rings. The molecule has 43 nitrogen and oxygen atoms in total. The average Bonchev–Trinajstić information content (AvgIpc) is 1.05. The van der Waals surface area contributed by atoms with Crippen LogP contribution in [0.3, 0.4) is 0 Å². The molecule has 7 aromatic rings. The number of sulfonamides is 1. The van der Waals surface area contributed by atoms with E-state index in [0.29, 0.717) is 27.1 Å². The molecule has 0 fully saturated rings. The number of H-pyrrole nitrogens is 1. The highest BCUT2D eigenvalue weighted by Crippen LogP contribution is 2.37. The Hall–Kier alpha value is -12.4. The van der Waals surface area contributed by atoms with Crippen molar-refractivity contribution < 1.29 is 105 Å². The van der Waals surface area contributed by atoms with Crippen LogP contribution in [0.25, 0.3) is 10.9 Å². The molecule has 1 heterocycles. The van der Waals surface area contributed by atoms with Crippen molar-refractivity contribution in [2.24, 2.45) is 16.8 Å². The van der Waals surface area contributed by atoms with E-state index in [1.165, 1.54) is 86.3 Å². The van der Waals surface area contributed by atoms with E-state index in [1.807, 2.05) is 0 Å². The first-order valence-electron chi connectivity index (χ1n) is 41.5. The third kappa shape index (κ3) is 34.1. The summed E-state index contributed by atoms with van der Waals surface area (Å²) in [4.78, 5) is 246. The Balaban J connectivity index is 1.28. The molecule has 0 radical (unpaired) electrons. The van der Waals surface area contributed by atoms with Crippen LogP contribution in [0.5, 0.6) is 0 Å². The van der Waals surface area contributed by atoms with E-state index in [9.17, 15) is 96.8 Å². The fourth-order valence-corrected chi connectivity index (χ4v) is 15.9. The molecule has 4 atom stereocenters. The lowest BCUT2D eigenvalue weighted by molar-refractivity contribution is -0.385. The van der Waals surface area contributed by atoms with Gasteiger partial charge in [0.2, 0.25) is 69.1 Å². The number of primary sulfonamides is 1. The Morgan fingerprint density at radius 2 is 0.802 bits per heavy atom. The zero-order chi connectivity index (χ0) is 96.9. The fourth-order valence-electron chi connectivity index (χ4n) is 14.1. The molecule has 131 heavy (non-hydrogen) atoms. The third-order valence-electron chi connectivity index (χ3n) is 21.8. The van der Waals surface area contributed by atoms with E-state index < -0.39 is 250 Å². The van der Waals surface area contributed by atoms with Crippen LogP contribution >= 0.6 is 26.8 Å². The lowest BCUT2D eigenvalue weighted by Crippen LogP contribution is -2.53. The third-order valence-corrected chi connectivity index (χ3v) is 24.6. The predicted molar refractivity (Wildman–Crippen MR) is 480 cm³/mol. The number of aromatic amines is 1. The number of nitrogens with one attached hydrogen (secondary N) is 2. The molecule has 0 aliphatic heterocycles. The van der Waals surface area contributed by atoms with E-state index in [-0.39, 0.29) is 84.9 Å². The van der Waals surface area contributed by atoms with Crippen molar-refractivity contribution >= 4 is 130 Å². The monoisotopic (exact) mass is 1900 g/mol. The molecule has 0 unspecified atom stereocenters. The normalized spacial score (nSPS) is 12.5. The van der Waals surface area contributed by atoms with Gasteiger partial charge in [0.25, 0.3) is 22.7 Å². The van der Waals surface area contributed by atoms with E-state index in [2.05, 4.69) is 10.3 Å². The largest absolute Gasteiger partial charge is 0.368 e. The van der Waals surface area contributed by atoms with E-state index >= 15 is 28.8 Å². The molecule has 1 aromatic heterocycles. The minimum Gasteiger partial charge on any atom is -0.368 e. The van der Waals surface area contributed by atoms with Crippen molar-refractivity contribution in [3.8, 4) is 0 Å². The SMILES string of the molecule is CC(C)CCN(CC(=O)N(CCS(N)(=O)=O)CC(=O)N(CC(N)=O)[C@@H](C)c1ccc([N+](=O)[O-])cc1)C(=O)CN(CCCP(=O)(O)O)C(=O)CN(C(=O)CN(CCc1c[nH]c2cc(Cl)ccc12)C(=O)CN(CCCCP(=O)(O)O)C(=O)CN(C(=O)CN(CCc1ccccc1)C(=O)CN[C@@H](C)c1ccc([N+](=O)[O-])cc1)[C@@H](C)c1ccc([N+](=O)[O-])cc1)[C@@H](C)c1ccc([N+](=O)[O-])cc1. The summed E-state index contributed by atoms with van der Waals surface area (Å²) in [5.74, 6) is -11.1. The van der Waals surface area contributed by atoms with Gasteiger partial charge in [-0.2, -0.15) is 0 Å². The van der Waals surface area contributed by atoms with Gasteiger partial charge in [-0.25, -0.2) is 13.6 Å². The van der Waals surface area contributed by atoms with Crippen LogP contribution in [0.1, 0.15) is 125 Å². The Morgan fingerprint density at radius 1 is 0.443 bits per heavy atom. The maximum atomic E-state index is 15.9. The smallest absolute Gasteiger partial charge is 0.325 e. The number of unbranched alkanes of at least 4 members (excludes halogenated alkanes) is 1. The van der Waals surface area contributed by atoms with Gasteiger partial charge < -0.3 is 79.7 Å². The van der Waals surface area contributed by atoms with Crippen LogP contribution in [-0.4, -0.2) is 279 Å². The Morgan fingerprint density at radius 3 is 1.21 bits per heavy atom. The first-order valence-corrected chi connectivity index (χ1v) is 47.2. The van der Waals surface area contributed by atoms with Gasteiger partial charge in [-0.15, -0.1) is 0 Å². The minimum absolute atomic E-state index is 0.0859. The first kappa shape index (κ1) is 106. The van der Waals surface area contributed by atoms with Gasteiger partial charge in [-0.1, -0.05) is 110 Å². The molecular weight excluding hydrogens is 1790 g/mol. The number of nitro groups is 4. The number of benzene rings is 6. The number of halogens is 1. The van der Waals surface area contributed by atoms with Crippen LogP contribution in [0.4, 0.5) is 22.7 Å². The number of nitrogens with two attached hydrogens (primary N) is 2. The summed E-state index contributed by atoms with van der Waals surface area (Å²) < 4.78 is 49.9. The molecule has 47 heteroatoms. The molecular formula is C84H108ClN17O26P2S. The highest BCUT2D eigenvalue weighted by atomic mass is 35.5. The van der Waals surface area contributed by atoms with Gasteiger partial charge in [0, 0.05) is 122 Å². The van der Waals surface area contributed by atoms with Gasteiger partial charge in [0.15, 0.2) is 0 Å². The van der Waals surface area contributed by atoms with Crippen LogP contribution in [0, 0.1) is 46.4 Å². The summed E-state index contributed by atoms with van der Waals surface area (Å²) in [6.07, 6.45) is -0.732. The molecule has 10 N–H and O–H groups in total. The van der Waals surface area contributed by atoms with Gasteiger partial charge >= 0.3 is 15.2 Å². The Bertz CT molecular complexity index is 5440. The van der Waals surface area contributed by atoms with E-state index in [4.69, 9.17) is 22.5 Å². The van der Waals surface area contributed by atoms with Crippen molar-refractivity contribution in [3.63, 3.8) is 0 Å². The van der Waals surface area contributed by atoms with Crippen molar-refractivity contribution in [1.29, 1.82) is 0 Å². The summed E-state index contributed by atoms with van der Waals surface area (Å²) in [5.41, 5.74) is 7.35. The highest BCUT2D eigenvalue weighted by Gasteiger charge is 2.37. The second-order valence-electron chi connectivity index (χ2n) is 31.8. The van der Waals surface area contributed by atoms with Crippen LogP contribution in [-0.2, 0) is 79.9 Å². The number of nitrogens with zero attached hydrogens (tertiary/aromatic N) is 13. The molecule has 0 aliphatic carbocycles. The molecule has 0 saturated heterocycles. The summed E-state index contributed by atoms with van der Waals surface area (Å²) in [5, 5.41) is 56.4. The number of primary amides is 1. The molecule has 6 aromatic carbocycles. The maximum Gasteiger partial charge on any atom is 0.325 e. The minimum atomic E-state index is -4.90. The van der Waals surface area contributed by atoms with Crippen molar-refractivity contribution in [1.82, 2.24) is 54.4 Å². The number of amides is 10. The second kappa shape index (κ2) is 49.0. The summed E-state index contributed by atoms with van der Waals surface area (Å²) >= 11 is 6.38. The van der Waals surface area contributed by atoms with Crippen LogP contribution in [0.2, 0.25) is 5.02 Å². The zero-order valence-electron chi connectivity index (χ0n) is 72.9. The van der Waals surface area contributed by atoms with Gasteiger partial charge in [0.05, 0.1) is 102 Å². The van der Waals surface area contributed by atoms with Crippen LogP contribution < -0.4 is 16.2 Å². The molecule has 708 valence electrons. The lowest BCUT2D eigenvalue weighted by atomic mass is 10.1. The molecule has 0 spiro atoms. The number of aromatic nitrogens is 1. The fraction of sp³-hybridized carbons (Fsp3) is 0.429. The summed E-state index contributed by atoms with van der Waals surface area (Å²) in [6.45, 7) is -2.00. The first-order chi connectivity index (χ1) is 61.5. The summed E-state index contributed by atoms with van der Waals surface area (Å²) in [6, 6.07) is 29.7. The van der Waals surface area contributed by atoms with Gasteiger partial charge in [-0.05, 0) is 118 Å². The van der Waals surface area contributed by atoms with Crippen molar-refractivity contribution in [3.05, 3.63) is 231 Å². The van der Waals surface area contributed by atoms with Gasteiger partial charge in [-0.3, -0.25) is 97.5 Å². The molecule has 7 rings (SSSR count).